The van der Waals surface area contributed by atoms with E-state index in [4.69, 9.17) is 0 Å². The van der Waals surface area contributed by atoms with Crippen LogP contribution in [0.2, 0.25) is 0 Å². The van der Waals surface area contributed by atoms with E-state index in [2.05, 4.69) is 77.6 Å². The number of aliphatic imine (C=N–C) groups is 1. The van der Waals surface area contributed by atoms with E-state index in [1.165, 1.54) is 22.3 Å². The van der Waals surface area contributed by atoms with Gasteiger partial charge in [0.05, 0.1) is 0 Å². The van der Waals surface area contributed by atoms with E-state index in [-0.39, 0.29) is 0 Å². The Morgan fingerprint density at radius 1 is 1.08 bits per heavy atom. The molecule has 0 amide bonds. The molecule has 0 aliphatic heterocycles. The largest absolute Gasteiger partial charge is 0.293 e. The molecule has 0 spiro atoms. The lowest BCUT2D eigenvalue weighted by atomic mass is 9.91. The molecule has 0 bridgehead atoms. The summed E-state index contributed by atoms with van der Waals surface area (Å²) in [5.74, 6) is 0.414. The van der Waals surface area contributed by atoms with Gasteiger partial charge in [0.25, 0.3) is 0 Å². The van der Waals surface area contributed by atoms with Crippen LogP contribution in [0, 0.1) is 5.92 Å². The maximum Gasteiger partial charge on any atom is 0.0342 e. The Balaban J connectivity index is 4.80. The highest BCUT2D eigenvalue weighted by atomic mass is 14.7. The molecule has 1 atom stereocenters. The van der Waals surface area contributed by atoms with E-state index in [0.717, 1.165) is 37.0 Å². The fourth-order valence-corrected chi connectivity index (χ4v) is 2.84. The summed E-state index contributed by atoms with van der Waals surface area (Å²) in [5.41, 5.74) is 7.35. The van der Waals surface area contributed by atoms with E-state index in [1.807, 2.05) is 13.1 Å². The molecule has 0 aliphatic carbocycles. The zero-order valence-corrected chi connectivity index (χ0v) is 17.3. The fraction of sp³-hybridized carbons (Fsp3) is 0.458. The van der Waals surface area contributed by atoms with Gasteiger partial charge in [-0.05, 0) is 82.9 Å². The van der Waals surface area contributed by atoms with Crippen LogP contribution in [0.4, 0.5) is 0 Å². The Kier molecular flexibility index (Phi) is 11.5. The van der Waals surface area contributed by atoms with Gasteiger partial charge in [0.2, 0.25) is 0 Å². The van der Waals surface area contributed by atoms with Gasteiger partial charge in [-0.15, -0.1) is 0 Å². The summed E-state index contributed by atoms with van der Waals surface area (Å²) in [6.45, 7) is 22.7. The minimum atomic E-state index is 0.414. The first kappa shape index (κ1) is 23.1. The molecule has 0 aromatic rings. The van der Waals surface area contributed by atoms with Crippen LogP contribution in [-0.4, -0.2) is 12.8 Å². The summed E-state index contributed by atoms with van der Waals surface area (Å²) in [6, 6.07) is 0. The van der Waals surface area contributed by atoms with Gasteiger partial charge in [0.1, 0.15) is 0 Å². The molecule has 0 N–H and O–H groups in total. The molecule has 0 radical (unpaired) electrons. The highest BCUT2D eigenvalue weighted by Gasteiger charge is 2.09. The zero-order valence-electron chi connectivity index (χ0n) is 17.3. The van der Waals surface area contributed by atoms with Gasteiger partial charge >= 0.3 is 0 Å². The van der Waals surface area contributed by atoms with Crippen molar-refractivity contribution in [1.29, 1.82) is 0 Å². The van der Waals surface area contributed by atoms with E-state index in [1.54, 1.807) is 0 Å². The average Bonchev–Trinajstić information content (AvgIpc) is 2.58. The number of allylic oxidation sites excluding steroid dienone is 9. The number of rotatable bonds is 11. The minimum Gasteiger partial charge on any atom is -0.293 e. The van der Waals surface area contributed by atoms with Crippen molar-refractivity contribution < 1.29 is 0 Å². The standard InChI is InChI=1S/C24H37N/c1-10-20(7)24(19(5)6)15-13-12-14-23(18(3)4)17-16-22(11-2)21(8)25-9/h10-12,14,23H,1,3,7,13,15-17H2,2,4-6,8-9H3/b14-12-,22-11-,25-21?. The predicted octanol–water partition coefficient (Wildman–Crippen LogP) is 7.41. The van der Waals surface area contributed by atoms with Gasteiger partial charge in [0, 0.05) is 12.8 Å². The van der Waals surface area contributed by atoms with Gasteiger partial charge in [-0.3, -0.25) is 4.99 Å². The van der Waals surface area contributed by atoms with Crippen molar-refractivity contribution in [2.75, 3.05) is 7.05 Å². The summed E-state index contributed by atoms with van der Waals surface area (Å²) >= 11 is 0. The minimum absolute atomic E-state index is 0.414. The van der Waals surface area contributed by atoms with Gasteiger partial charge < -0.3 is 0 Å². The van der Waals surface area contributed by atoms with Crippen LogP contribution >= 0.6 is 0 Å². The fourth-order valence-electron chi connectivity index (χ4n) is 2.84. The van der Waals surface area contributed by atoms with E-state index in [0.29, 0.717) is 5.92 Å². The maximum atomic E-state index is 4.30. The summed E-state index contributed by atoms with van der Waals surface area (Å²) in [4.78, 5) is 4.30. The molecule has 0 fully saturated rings. The van der Waals surface area contributed by atoms with Crippen molar-refractivity contribution in [3.63, 3.8) is 0 Å². The van der Waals surface area contributed by atoms with Crippen LogP contribution in [0.5, 0.6) is 0 Å². The van der Waals surface area contributed by atoms with Crippen molar-refractivity contribution in [1.82, 2.24) is 0 Å². The topological polar surface area (TPSA) is 12.4 Å². The highest BCUT2D eigenvalue weighted by molar-refractivity contribution is 5.97. The van der Waals surface area contributed by atoms with Crippen LogP contribution in [0.25, 0.3) is 0 Å². The van der Waals surface area contributed by atoms with Crippen LogP contribution < -0.4 is 0 Å². The second kappa shape index (κ2) is 12.5. The van der Waals surface area contributed by atoms with E-state index in [9.17, 15) is 0 Å². The first-order valence-electron chi connectivity index (χ1n) is 9.17. The Morgan fingerprint density at radius 3 is 2.16 bits per heavy atom. The molecule has 25 heavy (non-hydrogen) atoms. The molecule has 0 aromatic carbocycles. The second-order valence-electron chi connectivity index (χ2n) is 6.79. The third-order valence-corrected chi connectivity index (χ3v) is 4.67. The van der Waals surface area contributed by atoms with Gasteiger partial charge in [-0.2, -0.15) is 0 Å². The van der Waals surface area contributed by atoms with Crippen molar-refractivity contribution in [3.05, 3.63) is 71.9 Å². The lowest BCUT2D eigenvalue weighted by molar-refractivity contribution is 0.675. The predicted molar refractivity (Wildman–Crippen MR) is 116 cm³/mol. The lowest BCUT2D eigenvalue weighted by Gasteiger charge is -2.15. The van der Waals surface area contributed by atoms with Gasteiger partial charge in [0.15, 0.2) is 0 Å². The number of nitrogens with zero attached hydrogens (tertiary/aromatic N) is 1. The molecule has 1 unspecified atom stereocenters. The molecule has 0 saturated carbocycles. The first-order valence-corrected chi connectivity index (χ1v) is 9.17. The van der Waals surface area contributed by atoms with Crippen LogP contribution in [0.15, 0.2) is 76.9 Å². The van der Waals surface area contributed by atoms with Crippen LogP contribution in [-0.2, 0) is 0 Å². The third kappa shape index (κ3) is 8.67. The molecule has 1 heteroatoms. The zero-order chi connectivity index (χ0) is 19.4. The van der Waals surface area contributed by atoms with Gasteiger partial charge in [-0.25, -0.2) is 0 Å². The lowest BCUT2D eigenvalue weighted by Crippen LogP contribution is -2.03. The smallest absolute Gasteiger partial charge is 0.0342 e. The van der Waals surface area contributed by atoms with Gasteiger partial charge in [-0.1, -0.05) is 55.2 Å². The molecule has 0 saturated heterocycles. The van der Waals surface area contributed by atoms with Crippen molar-refractivity contribution in [3.8, 4) is 0 Å². The summed E-state index contributed by atoms with van der Waals surface area (Å²) in [6.07, 6.45) is 12.8. The van der Waals surface area contributed by atoms with E-state index < -0.39 is 0 Å². The maximum absolute atomic E-state index is 4.30. The molecule has 0 aliphatic rings. The SMILES string of the molecule is C=CC(=C)C(CC/C=C\C(CC/C(=C/C)C(C)=NC)C(=C)C)=C(C)C. The molecular weight excluding hydrogens is 302 g/mol. The number of hydrogen-bond acceptors (Lipinski definition) is 1. The van der Waals surface area contributed by atoms with Crippen LogP contribution in [0.3, 0.4) is 0 Å². The molecule has 0 rings (SSSR count). The summed E-state index contributed by atoms with van der Waals surface area (Å²) in [5, 5.41) is 0. The normalized spacial score (nSPS) is 13.7. The Morgan fingerprint density at radius 2 is 1.72 bits per heavy atom. The Hall–Kier alpha value is -1.89. The average molecular weight is 340 g/mol. The van der Waals surface area contributed by atoms with Crippen molar-refractivity contribution in [2.45, 2.75) is 60.3 Å². The molecule has 0 heterocycles. The Labute approximate surface area is 156 Å². The second-order valence-corrected chi connectivity index (χ2v) is 6.79. The summed E-state index contributed by atoms with van der Waals surface area (Å²) < 4.78 is 0. The monoisotopic (exact) mass is 339 g/mol. The molecular formula is C24H37N. The highest BCUT2D eigenvalue weighted by Crippen LogP contribution is 2.23. The van der Waals surface area contributed by atoms with E-state index >= 15 is 0 Å². The van der Waals surface area contributed by atoms with Crippen molar-refractivity contribution in [2.24, 2.45) is 10.9 Å². The quantitative estimate of drug-likeness (QED) is 0.211. The first-order chi connectivity index (χ1) is 11.8. The molecule has 1 nitrogen and oxygen atoms in total. The molecule has 0 aromatic heterocycles. The Bertz CT molecular complexity index is 590. The van der Waals surface area contributed by atoms with Crippen LogP contribution in [0.1, 0.15) is 60.3 Å². The van der Waals surface area contributed by atoms with Crippen molar-refractivity contribution >= 4 is 5.71 Å². The molecule has 138 valence electrons. The third-order valence-electron chi connectivity index (χ3n) is 4.67. The summed E-state index contributed by atoms with van der Waals surface area (Å²) in [7, 11) is 1.85. The number of hydrogen-bond donors (Lipinski definition) is 0.